The Hall–Kier alpha value is -2.56. The van der Waals surface area contributed by atoms with Gasteiger partial charge in [-0.1, -0.05) is 18.2 Å². The monoisotopic (exact) mass is 329 g/mol. The number of hydrogen-bond acceptors (Lipinski definition) is 3. The number of carbonyl (C=O) groups is 1. The number of aryl methyl sites for hydroxylation is 1. The molecular formula is C19H20FNO3. The molecule has 1 heterocycles. The summed E-state index contributed by atoms with van der Waals surface area (Å²) in [5.74, 6) is -0.486. The maximum atomic E-state index is 14.4. The fraction of sp³-hybridized carbons (Fsp3) is 0.316. The van der Waals surface area contributed by atoms with Crippen LogP contribution >= 0.6 is 0 Å². The molecule has 1 N–H and O–H groups in total. The Labute approximate surface area is 140 Å². The summed E-state index contributed by atoms with van der Waals surface area (Å²) >= 11 is 0. The van der Waals surface area contributed by atoms with E-state index in [0.717, 1.165) is 24.9 Å². The first-order valence-corrected chi connectivity index (χ1v) is 8.06. The van der Waals surface area contributed by atoms with Gasteiger partial charge < -0.3 is 14.7 Å². The van der Waals surface area contributed by atoms with Crippen LogP contribution < -0.4 is 9.64 Å². The van der Waals surface area contributed by atoms with E-state index < -0.39 is 11.8 Å². The summed E-state index contributed by atoms with van der Waals surface area (Å²) in [6, 6.07) is 12.2. The summed E-state index contributed by atoms with van der Waals surface area (Å²) < 4.78 is 20.1. The maximum absolute atomic E-state index is 14.4. The second kappa shape index (κ2) is 6.91. The first-order valence-electron chi connectivity index (χ1n) is 8.06. The minimum absolute atomic E-state index is 0.0725. The second-order valence-electron chi connectivity index (χ2n) is 6.07. The van der Waals surface area contributed by atoms with Gasteiger partial charge in [0.15, 0.2) is 11.6 Å². The van der Waals surface area contributed by atoms with E-state index in [1.165, 1.54) is 6.07 Å². The molecular weight excluding hydrogens is 309 g/mol. The first kappa shape index (κ1) is 16.3. The predicted molar refractivity (Wildman–Crippen MR) is 90.3 cm³/mol. The molecule has 0 amide bonds. The van der Waals surface area contributed by atoms with Crippen molar-refractivity contribution in [1.29, 1.82) is 0 Å². The molecule has 0 aromatic heterocycles. The molecule has 0 bridgehead atoms. The Morgan fingerprint density at radius 3 is 2.79 bits per heavy atom. The third-order valence-corrected chi connectivity index (χ3v) is 4.35. The van der Waals surface area contributed by atoms with Gasteiger partial charge in [-0.15, -0.1) is 0 Å². The van der Waals surface area contributed by atoms with Gasteiger partial charge in [-0.25, -0.2) is 4.39 Å². The molecule has 126 valence electrons. The second-order valence-corrected chi connectivity index (χ2v) is 6.07. The summed E-state index contributed by atoms with van der Waals surface area (Å²) in [6.07, 6.45) is 1.81. The molecule has 0 unspecified atom stereocenters. The van der Waals surface area contributed by atoms with Crippen molar-refractivity contribution in [3.05, 3.63) is 53.8 Å². The highest BCUT2D eigenvalue weighted by atomic mass is 19.1. The van der Waals surface area contributed by atoms with E-state index in [0.29, 0.717) is 11.4 Å². The number of rotatable bonds is 5. The van der Waals surface area contributed by atoms with Crippen molar-refractivity contribution >= 4 is 11.7 Å². The van der Waals surface area contributed by atoms with Gasteiger partial charge in [-0.2, -0.15) is 0 Å². The normalized spacial score (nSPS) is 17.1. The smallest absolute Gasteiger partial charge is 0.305 e. The summed E-state index contributed by atoms with van der Waals surface area (Å²) in [6.45, 7) is 2.65. The third kappa shape index (κ3) is 3.50. The number of benzene rings is 2. The Morgan fingerprint density at radius 2 is 2.08 bits per heavy atom. The number of hydrogen-bond donors (Lipinski definition) is 1. The van der Waals surface area contributed by atoms with Crippen molar-refractivity contribution in [2.24, 2.45) is 0 Å². The zero-order chi connectivity index (χ0) is 17.1. The van der Waals surface area contributed by atoms with E-state index in [1.54, 1.807) is 18.2 Å². The Kier molecular flexibility index (Phi) is 4.69. The number of halogens is 1. The van der Waals surface area contributed by atoms with Crippen LogP contribution in [0.1, 0.15) is 24.8 Å². The molecule has 1 aliphatic rings. The van der Waals surface area contributed by atoms with E-state index in [1.807, 2.05) is 30.0 Å². The molecule has 0 saturated carbocycles. The predicted octanol–water partition coefficient (Wildman–Crippen LogP) is 4.37. The lowest BCUT2D eigenvalue weighted by molar-refractivity contribution is -0.137. The van der Waals surface area contributed by atoms with Crippen LogP contribution in [0.3, 0.4) is 0 Å². The number of para-hydroxylation sites is 1. The zero-order valence-electron chi connectivity index (χ0n) is 13.5. The fourth-order valence-electron chi connectivity index (χ4n) is 3.13. The first-order chi connectivity index (χ1) is 11.5. The Morgan fingerprint density at radius 1 is 1.29 bits per heavy atom. The number of carboxylic acids is 1. The van der Waals surface area contributed by atoms with Gasteiger partial charge in [0, 0.05) is 24.3 Å². The van der Waals surface area contributed by atoms with Crippen LogP contribution in [0.4, 0.5) is 10.1 Å². The fourth-order valence-corrected chi connectivity index (χ4v) is 3.13. The largest absolute Gasteiger partial charge is 0.481 e. The zero-order valence-corrected chi connectivity index (χ0v) is 13.5. The number of nitrogens with zero attached hydrogens (tertiary/aromatic N) is 1. The van der Waals surface area contributed by atoms with Gasteiger partial charge in [0.1, 0.15) is 5.75 Å². The Bertz CT molecular complexity index is 747. The summed E-state index contributed by atoms with van der Waals surface area (Å²) in [5.41, 5.74) is 1.63. The van der Waals surface area contributed by atoms with Crippen LogP contribution in [0.5, 0.6) is 11.5 Å². The highest BCUT2D eigenvalue weighted by Gasteiger charge is 2.27. The van der Waals surface area contributed by atoms with Gasteiger partial charge in [-0.05, 0) is 43.5 Å². The molecule has 1 fully saturated rings. The number of carboxylic acid groups (broad SMARTS) is 1. The van der Waals surface area contributed by atoms with Crippen molar-refractivity contribution in [2.45, 2.75) is 32.2 Å². The van der Waals surface area contributed by atoms with Crippen LogP contribution in [-0.2, 0) is 4.79 Å². The van der Waals surface area contributed by atoms with Crippen molar-refractivity contribution in [3.8, 4) is 11.5 Å². The van der Waals surface area contributed by atoms with Gasteiger partial charge in [0.05, 0.1) is 6.42 Å². The van der Waals surface area contributed by atoms with Crippen LogP contribution in [0, 0.1) is 12.7 Å². The van der Waals surface area contributed by atoms with Crippen LogP contribution in [-0.4, -0.2) is 23.7 Å². The van der Waals surface area contributed by atoms with Gasteiger partial charge in [0.2, 0.25) is 0 Å². The quantitative estimate of drug-likeness (QED) is 0.885. The lowest BCUT2D eigenvalue weighted by Crippen LogP contribution is -2.31. The van der Waals surface area contributed by atoms with Crippen molar-refractivity contribution in [1.82, 2.24) is 0 Å². The molecule has 4 nitrogen and oxygen atoms in total. The van der Waals surface area contributed by atoms with Gasteiger partial charge in [0.25, 0.3) is 0 Å². The van der Waals surface area contributed by atoms with E-state index >= 15 is 0 Å². The SMILES string of the molecule is Cc1ccccc1Oc1ccc(N2CCC[C@H]2CC(=O)O)cc1F. The van der Waals surface area contributed by atoms with E-state index in [2.05, 4.69) is 0 Å². The Balaban J connectivity index is 1.80. The van der Waals surface area contributed by atoms with Crippen LogP contribution in [0.15, 0.2) is 42.5 Å². The van der Waals surface area contributed by atoms with Crippen molar-refractivity contribution in [2.75, 3.05) is 11.4 Å². The summed E-state index contributed by atoms with van der Waals surface area (Å²) in [7, 11) is 0. The van der Waals surface area contributed by atoms with Crippen molar-refractivity contribution in [3.63, 3.8) is 0 Å². The van der Waals surface area contributed by atoms with E-state index in [4.69, 9.17) is 9.84 Å². The average Bonchev–Trinajstić information content (AvgIpc) is 2.98. The van der Waals surface area contributed by atoms with E-state index in [9.17, 15) is 9.18 Å². The van der Waals surface area contributed by atoms with E-state index in [-0.39, 0.29) is 18.2 Å². The average molecular weight is 329 g/mol. The van der Waals surface area contributed by atoms with Crippen molar-refractivity contribution < 1.29 is 19.0 Å². The third-order valence-electron chi connectivity index (χ3n) is 4.35. The molecule has 0 radical (unpaired) electrons. The maximum Gasteiger partial charge on any atom is 0.305 e. The number of ether oxygens (including phenoxy) is 1. The van der Waals surface area contributed by atoms with Crippen LogP contribution in [0.25, 0.3) is 0 Å². The molecule has 2 aromatic carbocycles. The molecule has 5 heteroatoms. The highest BCUT2D eigenvalue weighted by Crippen LogP contribution is 2.33. The minimum atomic E-state index is -0.827. The van der Waals surface area contributed by atoms with Gasteiger partial charge in [-0.3, -0.25) is 4.79 Å². The molecule has 3 rings (SSSR count). The molecule has 0 aliphatic carbocycles. The molecule has 2 aromatic rings. The lowest BCUT2D eigenvalue weighted by atomic mass is 10.1. The molecule has 0 spiro atoms. The molecule has 24 heavy (non-hydrogen) atoms. The lowest BCUT2D eigenvalue weighted by Gasteiger charge is -2.26. The van der Waals surface area contributed by atoms with Crippen LogP contribution in [0.2, 0.25) is 0 Å². The molecule has 1 aliphatic heterocycles. The standard InChI is InChI=1S/C19H20FNO3/c1-13-5-2-3-7-17(13)24-18-9-8-15(11-16(18)20)21-10-4-6-14(21)12-19(22)23/h2-3,5,7-9,11,14H,4,6,10,12H2,1H3,(H,22,23)/t14-/m0/s1. The molecule has 1 saturated heterocycles. The topological polar surface area (TPSA) is 49.8 Å². The highest BCUT2D eigenvalue weighted by molar-refractivity contribution is 5.69. The molecule has 1 atom stereocenters. The summed E-state index contributed by atoms with van der Waals surface area (Å²) in [4.78, 5) is 12.9. The summed E-state index contributed by atoms with van der Waals surface area (Å²) in [5, 5.41) is 9.01. The van der Waals surface area contributed by atoms with Gasteiger partial charge >= 0.3 is 5.97 Å². The minimum Gasteiger partial charge on any atom is -0.481 e. The number of anilines is 1. The number of aliphatic carboxylic acids is 1.